The summed E-state index contributed by atoms with van der Waals surface area (Å²) in [5, 5.41) is 11.1. The van der Waals surface area contributed by atoms with E-state index in [0.29, 0.717) is 5.11 Å². The highest BCUT2D eigenvalue weighted by Gasteiger charge is 2.02. The van der Waals surface area contributed by atoms with Crippen molar-refractivity contribution in [2.75, 3.05) is 12.4 Å². The molecule has 2 aromatic rings. The number of aryl methyl sites for hydroxylation is 2. The fourth-order valence-electron chi connectivity index (χ4n) is 1.90. The van der Waals surface area contributed by atoms with Crippen molar-refractivity contribution >= 4 is 23.0 Å². The molecule has 5 heteroatoms. The number of hydrogen-bond donors (Lipinski definition) is 2. The molecule has 0 spiro atoms. The zero-order valence-electron chi connectivity index (χ0n) is 11.4. The maximum atomic E-state index is 5.06. The Kier molecular flexibility index (Phi) is 4.16. The summed E-state index contributed by atoms with van der Waals surface area (Å²) in [6.45, 7) is 4.87. The van der Waals surface area contributed by atoms with E-state index in [-0.39, 0.29) is 0 Å². The Morgan fingerprint density at radius 2 is 1.95 bits per heavy atom. The highest BCUT2D eigenvalue weighted by atomic mass is 32.1. The van der Waals surface area contributed by atoms with Crippen LogP contribution in [0.1, 0.15) is 17.0 Å². The number of aromatic nitrogens is 2. The summed E-state index contributed by atoms with van der Waals surface area (Å²) in [7, 11) is 1.80. The van der Waals surface area contributed by atoms with Crippen molar-refractivity contribution in [2.45, 2.75) is 20.4 Å². The Bertz CT molecular complexity index is 572. The van der Waals surface area contributed by atoms with Gasteiger partial charge in [-0.2, -0.15) is 5.10 Å². The van der Waals surface area contributed by atoms with Crippen LogP contribution in [0, 0.1) is 13.8 Å². The molecule has 4 nitrogen and oxygen atoms in total. The maximum absolute atomic E-state index is 5.06. The SMILES string of the molecule is CNC(=S)Nc1ccc(Cn2nc(C)cc2C)cc1. The average molecular weight is 274 g/mol. The fourth-order valence-corrected chi connectivity index (χ4v) is 2.01. The molecule has 0 saturated carbocycles. The molecule has 0 amide bonds. The highest BCUT2D eigenvalue weighted by molar-refractivity contribution is 7.80. The van der Waals surface area contributed by atoms with Crippen LogP contribution in [0.5, 0.6) is 0 Å². The van der Waals surface area contributed by atoms with Crippen LogP contribution < -0.4 is 10.6 Å². The van der Waals surface area contributed by atoms with Gasteiger partial charge in [-0.05, 0) is 49.8 Å². The van der Waals surface area contributed by atoms with Gasteiger partial charge >= 0.3 is 0 Å². The first-order chi connectivity index (χ1) is 9.08. The van der Waals surface area contributed by atoms with Crippen LogP contribution in [0.25, 0.3) is 0 Å². The van der Waals surface area contributed by atoms with Crippen LogP contribution in [0.15, 0.2) is 30.3 Å². The lowest BCUT2D eigenvalue weighted by atomic mass is 10.2. The van der Waals surface area contributed by atoms with Crippen LogP contribution in [-0.4, -0.2) is 21.9 Å². The van der Waals surface area contributed by atoms with Gasteiger partial charge in [-0.3, -0.25) is 4.68 Å². The fraction of sp³-hybridized carbons (Fsp3) is 0.286. The second-order valence-electron chi connectivity index (χ2n) is 4.49. The van der Waals surface area contributed by atoms with E-state index < -0.39 is 0 Å². The monoisotopic (exact) mass is 274 g/mol. The lowest BCUT2D eigenvalue weighted by Crippen LogP contribution is -2.24. The second-order valence-corrected chi connectivity index (χ2v) is 4.89. The van der Waals surface area contributed by atoms with Gasteiger partial charge in [0.2, 0.25) is 0 Å². The number of anilines is 1. The van der Waals surface area contributed by atoms with Gasteiger partial charge in [0.1, 0.15) is 0 Å². The summed E-state index contributed by atoms with van der Waals surface area (Å²) < 4.78 is 2.01. The summed E-state index contributed by atoms with van der Waals surface area (Å²) >= 11 is 5.06. The Morgan fingerprint density at radius 3 is 2.47 bits per heavy atom. The van der Waals surface area contributed by atoms with Gasteiger partial charge in [0, 0.05) is 18.4 Å². The van der Waals surface area contributed by atoms with E-state index in [2.05, 4.69) is 40.9 Å². The minimum atomic E-state index is 0.617. The topological polar surface area (TPSA) is 41.9 Å². The summed E-state index contributed by atoms with van der Waals surface area (Å²) in [4.78, 5) is 0. The predicted molar refractivity (Wildman–Crippen MR) is 82.5 cm³/mol. The second kappa shape index (κ2) is 5.84. The highest BCUT2D eigenvalue weighted by Crippen LogP contribution is 2.12. The molecule has 19 heavy (non-hydrogen) atoms. The van der Waals surface area contributed by atoms with Crippen LogP contribution in [0.3, 0.4) is 0 Å². The molecule has 2 N–H and O–H groups in total. The largest absolute Gasteiger partial charge is 0.366 e. The van der Waals surface area contributed by atoms with E-state index in [1.54, 1.807) is 7.05 Å². The molecule has 1 aromatic carbocycles. The minimum absolute atomic E-state index is 0.617. The predicted octanol–water partition coefficient (Wildman–Crippen LogP) is 2.46. The molecule has 1 aromatic heterocycles. The first-order valence-corrected chi connectivity index (χ1v) is 6.58. The van der Waals surface area contributed by atoms with Crippen LogP contribution >= 0.6 is 12.2 Å². The van der Waals surface area contributed by atoms with Crippen molar-refractivity contribution in [3.05, 3.63) is 47.3 Å². The smallest absolute Gasteiger partial charge is 0.170 e. The Balaban J connectivity index is 2.06. The van der Waals surface area contributed by atoms with E-state index in [1.165, 1.54) is 11.3 Å². The number of nitrogens with one attached hydrogen (secondary N) is 2. The third kappa shape index (κ3) is 3.54. The quantitative estimate of drug-likeness (QED) is 0.844. The van der Waals surface area contributed by atoms with Crippen LogP contribution in [0.2, 0.25) is 0 Å². The molecule has 0 fully saturated rings. The molecule has 0 aliphatic rings. The average Bonchev–Trinajstić information content (AvgIpc) is 2.70. The molecule has 0 radical (unpaired) electrons. The zero-order chi connectivity index (χ0) is 13.8. The van der Waals surface area contributed by atoms with Gasteiger partial charge in [0.05, 0.1) is 12.2 Å². The Morgan fingerprint density at radius 1 is 1.26 bits per heavy atom. The number of thiocarbonyl (C=S) groups is 1. The van der Waals surface area contributed by atoms with Crippen LogP contribution in [-0.2, 0) is 6.54 Å². The maximum Gasteiger partial charge on any atom is 0.170 e. The first-order valence-electron chi connectivity index (χ1n) is 6.17. The van der Waals surface area contributed by atoms with E-state index in [9.17, 15) is 0 Å². The van der Waals surface area contributed by atoms with Gasteiger partial charge in [-0.25, -0.2) is 0 Å². The van der Waals surface area contributed by atoms with Gasteiger partial charge in [0.15, 0.2) is 5.11 Å². The number of nitrogens with zero attached hydrogens (tertiary/aromatic N) is 2. The molecule has 1 heterocycles. The van der Waals surface area contributed by atoms with Crippen molar-refractivity contribution < 1.29 is 0 Å². The lowest BCUT2D eigenvalue weighted by Gasteiger charge is -2.08. The van der Waals surface area contributed by atoms with E-state index in [4.69, 9.17) is 12.2 Å². The molecule has 0 bridgehead atoms. The van der Waals surface area contributed by atoms with E-state index >= 15 is 0 Å². The zero-order valence-corrected chi connectivity index (χ0v) is 12.2. The third-order valence-electron chi connectivity index (χ3n) is 2.87. The molecule has 0 unspecified atom stereocenters. The number of benzene rings is 1. The van der Waals surface area contributed by atoms with Crippen molar-refractivity contribution in [3.63, 3.8) is 0 Å². The molecular formula is C14H18N4S. The number of hydrogen-bond acceptors (Lipinski definition) is 2. The van der Waals surface area contributed by atoms with Gasteiger partial charge in [-0.15, -0.1) is 0 Å². The normalized spacial score (nSPS) is 10.3. The molecule has 0 aliphatic carbocycles. The van der Waals surface area contributed by atoms with Gasteiger partial charge < -0.3 is 10.6 Å². The molecule has 100 valence electrons. The molecule has 0 saturated heterocycles. The number of rotatable bonds is 3. The third-order valence-corrected chi connectivity index (χ3v) is 3.18. The summed E-state index contributed by atoms with van der Waals surface area (Å²) in [6, 6.07) is 10.3. The van der Waals surface area contributed by atoms with Gasteiger partial charge in [0.25, 0.3) is 0 Å². The van der Waals surface area contributed by atoms with Crippen LogP contribution in [0.4, 0.5) is 5.69 Å². The standard InChI is InChI=1S/C14H18N4S/c1-10-8-11(2)18(17-10)9-12-4-6-13(7-5-12)16-14(19)15-3/h4-8H,9H2,1-3H3,(H2,15,16,19). The Labute approximate surface area is 118 Å². The summed E-state index contributed by atoms with van der Waals surface area (Å²) in [6.07, 6.45) is 0. The van der Waals surface area contributed by atoms with Crippen molar-refractivity contribution in [1.82, 2.24) is 15.1 Å². The van der Waals surface area contributed by atoms with Crippen molar-refractivity contribution in [3.8, 4) is 0 Å². The Hall–Kier alpha value is -1.88. The lowest BCUT2D eigenvalue weighted by molar-refractivity contribution is 0.659. The van der Waals surface area contributed by atoms with E-state index in [0.717, 1.165) is 17.9 Å². The first kappa shape index (κ1) is 13.5. The summed E-state index contributed by atoms with van der Waals surface area (Å²) in [5.74, 6) is 0. The van der Waals surface area contributed by atoms with Crippen molar-refractivity contribution in [2.24, 2.45) is 0 Å². The van der Waals surface area contributed by atoms with Crippen molar-refractivity contribution in [1.29, 1.82) is 0 Å². The molecule has 0 aliphatic heterocycles. The molecule has 2 rings (SSSR count). The summed E-state index contributed by atoms with van der Waals surface area (Å²) in [5.41, 5.74) is 4.43. The van der Waals surface area contributed by atoms with E-state index in [1.807, 2.05) is 23.7 Å². The molecular weight excluding hydrogens is 256 g/mol. The van der Waals surface area contributed by atoms with Gasteiger partial charge in [-0.1, -0.05) is 12.1 Å². The molecule has 0 atom stereocenters. The minimum Gasteiger partial charge on any atom is -0.366 e.